The smallest absolute Gasteiger partial charge is 0.283 e. The van der Waals surface area contributed by atoms with Gasteiger partial charge in [0.25, 0.3) is 5.69 Å². The summed E-state index contributed by atoms with van der Waals surface area (Å²) in [6, 6.07) is 14.5. The maximum Gasteiger partial charge on any atom is 0.283 e. The summed E-state index contributed by atoms with van der Waals surface area (Å²) in [4.78, 5) is 22.9. The first-order valence-corrected chi connectivity index (χ1v) is 6.94. The van der Waals surface area contributed by atoms with Gasteiger partial charge >= 0.3 is 0 Å². The molecular formula is C17H12N2O4. The number of aromatic nitrogens is 1. The highest BCUT2D eigenvalue weighted by molar-refractivity contribution is 6.00. The summed E-state index contributed by atoms with van der Waals surface area (Å²) >= 11 is 0. The number of carbonyl (C=O) groups is 1. The minimum absolute atomic E-state index is 0.00472. The highest BCUT2D eigenvalue weighted by Gasteiger charge is 2.21. The SMILES string of the molecule is O=C(Cc1ccc([N+](=O)[O-])c2ccc[n+]([O-])c12)c1ccccc1. The predicted molar refractivity (Wildman–Crippen MR) is 84.0 cm³/mol. The number of nitrogens with zero attached hydrogens (tertiary/aromatic N) is 2. The summed E-state index contributed by atoms with van der Waals surface area (Å²) in [7, 11) is 0. The first-order chi connectivity index (χ1) is 11.1. The normalized spacial score (nSPS) is 10.6. The number of benzene rings is 2. The number of Topliss-reactive ketones (excluding diaryl/α,β-unsaturated/α-hetero) is 1. The van der Waals surface area contributed by atoms with E-state index in [0.717, 1.165) is 0 Å². The summed E-state index contributed by atoms with van der Waals surface area (Å²) in [5.41, 5.74) is 1.01. The van der Waals surface area contributed by atoms with Crippen LogP contribution < -0.4 is 4.73 Å². The van der Waals surface area contributed by atoms with E-state index in [-0.39, 0.29) is 28.8 Å². The molecule has 23 heavy (non-hydrogen) atoms. The lowest BCUT2D eigenvalue weighted by Gasteiger charge is -2.07. The summed E-state index contributed by atoms with van der Waals surface area (Å²) in [5.74, 6) is -0.149. The second-order valence-electron chi connectivity index (χ2n) is 5.06. The second-order valence-corrected chi connectivity index (χ2v) is 5.06. The molecule has 0 aliphatic heterocycles. The average Bonchev–Trinajstić information content (AvgIpc) is 2.55. The molecular weight excluding hydrogens is 296 g/mol. The van der Waals surface area contributed by atoms with E-state index in [1.54, 1.807) is 24.3 Å². The summed E-state index contributed by atoms with van der Waals surface area (Å²) in [6.45, 7) is 0. The van der Waals surface area contributed by atoms with Crippen LogP contribution in [-0.4, -0.2) is 10.7 Å². The molecule has 0 unspecified atom stereocenters. The van der Waals surface area contributed by atoms with Crippen molar-refractivity contribution in [2.24, 2.45) is 0 Å². The van der Waals surface area contributed by atoms with Crippen LogP contribution >= 0.6 is 0 Å². The van der Waals surface area contributed by atoms with Gasteiger partial charge in [0.15, 0.2) is 12.0 Å². The minimum Gasteiger partial charge on any atom is -0.618 e. The monoisotopic (exact) mass is 308 g/mol. The lowest BCUT2D eigenvalue weighted by molar-refractivity contribution is -0.577. The molecule has 114 valence electrons. The van der Waals surface area contributed by atoms with Gasteiger partial charge in [0, 0.05) is 29.7 Å². The van der Waals surface area contributed by atoms with Gasteiger partial charge in [-0.2, -0.15) is 4.73 Å². The molecule has 0 bridgehead atoms. The number of non-ortho nitro benzene ring substituents is 1. The number of nitro benzene ring substituents is 1. The van der Waals surface area contributed by atoms with Crippen LogP contribution in [0.15, 0.2) is 60.8 Å². The van der Waals surface area contributed by atoms with Crippen molar-refractivity contribution in [2.75, 3.05) is 0 Å². The molecule has 0 spiro atoms. The molecule has 0 saturated heterocycles. The molecule has 3 rings (SSSR count). The predicted octanol–water partition coefficient (Wildman–Crippen LogP) is 2.81. The largest absolute Gasteiger partial charge is 0.618 e. The number of carbonyl (C=O) groups excluding carboxylic acids is 1. The Bertz CT molecular complexity index is 907. The fourth-order valence-corrected chi connectivity index (χ4v) is 2.56. The van der Waals surface area contributed by atoms with Crippen molar-refractivity contribution >= 4 is 22.4 Å². The van der Waals surface area contributed by atoms with Crippen LogP contribution in [0.1, 0.15) is 15.9 Å². The van der Waals surface area contributed by atoms with Gasteiger partial charge in [0.05, 0.1) is 4.92 Å². The molecule has 0 aliphatic rings. The third kappa shape index (κ3) is 2.74. The van der Waals surface area contributed by atoms with Crippen LogP contribution in [0.4, 0.5) is 5.69 Å². The first-order valence-electron chi connectivity index (χ1n) is 6.94. The van der Waals surface area contributed by atoms with E-state index in [1.807, 2.05) is 6.07 Å². The Morgan fingerprint density at radius 2 is 1.78 bits per heavy atom. The molecule has 1 heterocycles. The molecule has 0 atom stereocenters. The molecule has 1 aromatic heterocycles. The van der Waals surface area contributed by atoms with Crippen molar-refractivity contribution in [2.45, 2.75) is 6.42 Å². The zero-order valence-electron chi connectivity index (χ0n) is 12.0. The Morgan fingerprint density at radius 1 is 1.04 bits per heavy atom. The van der Waals surface area contributed by atoms with Crippen molar-refractivity contribution in [1.29, 1.82) is 0 Å². The molecule has 6 heteroatoms. The number of rotatable bonds is 4. The Morgan fingerprint density at radius 3 is 2.48 bits per heavy atom. The van der Waals surface area contributed by atoms with E-state index < -0.39 is 4.92 Å². The lowest BCUT2D eigenvalue weighted by atomic mass is 10.00. The molecule has 6 nitrogen and oxygen atoms in total. The molecule has 0 aliphatic carbocycles. The molecule has 3 aromatic rings. The zero-order chi connectivity index (χ0) is 16.4. The van der Waals surface area contributed by atoms with Crippen molar-refractivity contribution in [3.63, 3.8) is 0 Å². The summed E-state index contributed by atoms with van der Waals surface area (Å²) < 4.78 is 0.565. The molecule has 2 aromatic carbocycles. The number of nitro groups is 1. The highest BCUT2D eigenvalue weighted by atomic mass is 16.6. The fraction of sp³-hybridized carbons (Fsp3) is 0.0588. The van der Waals surface area contributed by atoms with Gasteiger partial charge in [0.2, 0.25) is 5.52 Å². The molecule has 0 saturated carbocycles. The average molecular weight is 308 g/mol. The Kier molecular flexibility index (Phi) is 3.72. The van der Waals surface area contributed by atoms with Gasteiger partial charge in [0.1, 0.15) is 5.39 Å². The standard InChI is InChI=1S/C17H12N2O4/c20-16(12-5-2-1-3-6-12)11-13-8-9-15(19(22)23)14-7-4-10-18(21)17(13)14/h1-10H,11H2. The van der Waals surface area contributed by atoms with Crippen molar-refractivity contribution in [3.05, 3.63) is 87.2 Å². The number of hydrogen-bond acceptors (Lipinski definition) is 4. The third-order valence-electron chi connectivity index (χ3n) is 3.63. The van der Waals surface area contributed by atoms with E-state index in [4.69, 9.17) is 0 Å². The van der Waals surface area contributed by atoms with E-state index in [1.165, 1.54) is 30.5 Å². The van der Waals surface area contributed by atoms with Crippen LogP contribution in [-0.2, 0) is 6.42 Å². The Labute approximate surface area is 131 Å². The summed E-state index contributed by atoms with van der Waals surface area (Å²) in [6.07, 6.45) is 1.27. The number of pyridine rings is 1. The number of hydrogen-bond donors (Lipinski definition) is 0. The quantitative estimate of drug-likeness (QED) is 0.244. The van der Waals surface area contributed by atoms with Crippen molar-refractivity contribution in [1.82, 2.24) is 0 Å². The van der Waals surface area contributed by atoms with Crippen LogP contribution in [0.2, 0.25) is 0 Å². The number of ketones is 1. The summed E-state index contributed by atoms with van der Waals surface area (Å²) in [5, 5.41) is 23.4. The van der Waals surface area contributed by atoms with Crippen molar-refractivity contribution in [3.8, 4) is 0 Å². The lowest BCUT2D eigenvalue weighted by Crippen LogP contribution is -2.27. The fourth-order valence-electron chi connectivity index (χ4n) is 2.56. The zero-order valence-corrected chi connectivity index (χ0v) is 12.0. The van der Waals surface area contributed by atoms with E-state index in [0.29, 0.717) is 15.9 Å². The van der Waals surface area contributed by atoms with Crippen LogP contribution in [0.5, 0.6) is 0 Å². The number of fused-ring (bicyclic) bond motifs is 1. The topological polar surface area (TPSA) is 87.1 Å². The first kappa shape index (κ1) is 14.6. The molecule has 0 N–H and O–H groups in total. The van der Waals surface area contributed by atoms with Gasteiger partial charge in [-0.15, -0.1) is 0 Å². The maximum atomic E-state index is 12.3. The Balaban J connectivity index is 2.10. The van der Waals surface area contributed by atoms with Crippen LogP contribution in [0, 0.1) is 15.3 Å². The van der Waals surface area contributed by atoms with E-state index in [2.05, 4.69) is 0 Å². The molecule has 0 fully saturated rings. The molecule has 0 amide bonds. The van der Waals surface area contributed by atoms with E-state index >= 15 is 0 Å². The third-order valence-corrected chi connectivity index (χ3v) is 3.63. The Hall–Kier alpha value is -3.28. The van der Waals surface area contributed by atoms with Gasteiger partial charge in [-0.05, 0) is 12.1 Å². The van der Waals surface area contributed by atoms with E-state index in [9.17, 15) is 20.1 Å². The van der Waals surface area contributed by atoms with Gasteiger partial charge < -0.3 is 5.21 Å². The van der Waals surface area contributed by atoms with Gasteiger partial charge in [-0.3, -0.25) is 14.9 Å². The maximum absolute atomic E-state index is 12.3. The minimum atomic E-state index is -0.537. The highest BCUT2D eigenvalue weighted by Crippen LogP contribution is 2.26. The second kappa shape index (κ2) is 5.84. The van der Waals surface area contributed by atoms with Crippen LogP contribution in [0.25, 0.3) is 10.9 Å². The molecule has 0 radical (unpaired) electrons. The van der Waals surface area contributed by atoms with Crippen LogP contribution in [0.3, 0.4) is 0 Å². The van der Waals surface area contributed by atoms with Gasteiger partial charge in [-0.25, -0.2) is 0 Å². The van der Waals surface area contributed by atoms with Gasteiger partial charge in [-0.1, -0.05) is 30.3 Å². The van der Waals surface area contributed by atoms with Crippen molar-refractivity contribution < 1.29 is 14.4 Å².